The molecule has 11 heavy (non-hydrogen) atoms. The highest BCUT2D eigenvalue weighted by Crippen LogP contribution is 1.98. The zero-order valence-corrected chi connectivity index (χ0v) is 5.90. The molecule has 0 N–H and O–H groups in total. The van der Waals surface area contributed by atoms with Gasteiger partial charge in [-0.25, -0.2) is 0 Å². The third-order valence-corrected chi connectivity index (χ3v) is 1.63. The minimum absolute atomic E-state index is 0.0358. The van der Waals surface area contributed by atoms with Gasteiger partial charge < -0.3 is 4.40 Å². The molecule has 0 radical (unpaired) electrons. The van der Waals surface area contributed by atoms with Gasteiger partial charge in [-0.1, -0.05) is 0 Å². The molecule has 0 saturated carbocycles. The van der Waals surface area contributed by atoms with E-state index >= 15 is 0 Å². The number of hydrogen-bond donors (Lipinski definition) is 0. The fourth-order valence-electron chi connectivity index (χ4n) is 1.06. The van der Waals surface area contributed by atoms with E-state index in [9.17, 15) is 4.79 Å². The van der Waals surface area contributed by atoms with E-state index in [4.69, 9.17) is 0 Å². The molecule has 0 aliphatic carbocycles. The molecule has 0 spiro atoms. The molecule has 0 aliphatic rings. The lowest BCUT2D eigenvalue weighted by molar-refractivity contribution is 1.21. The molecule has 2 rings (SSSR count). The normalized spacial score (nSPS) is 10.2. The van der Waals surface area contributed by atoms with Gasteiger partial charge in [-0.05, 0) is 24.3 Å². The van der Waals surface area contributed by atoms with Crippen LogP contribution < -0.4 is 5.43 Å². The Labute approximate surface area is 63.7 Å². The predicted molar refractivity (Wildman–Crippen MR) is 43.7 cm³/mol. The molecular weight excluding hydrogens is 138 g/mol. The highest BCUT2D eigenvalue weighted by Gasteiger charge is 1.86. The van der Waals surface area contributed by atoms with Gasteiger partial charge in [-0.2, -0.15) is 0 Å². The molecule has 0 amide bonds. The lowest BCUT2D eigenvalue weighted by Crippen LogP contribution is -1.88. The zero-order valence-electron chi connectivity index (χ0n) is 5.90. The Kier molecular flexibility index (Phi) is 1.25. The van der Waals surface area contributed by atoms with Crippen LogP contribution in [0.15, 0.2) is 47.5 Å². The molecule has 2 nitrogen and oxygen atoms in total. The first-order valence-electron chi connectivity index (χ1n) is 3.43. The first kappa shape index (κ1) is 6.16. The van der Waals surface area contributed by atoms with Gasteiger partial charge in [0.1, 0.15) is 0 Å². The summed E-state index contributed by atoms with van der Waals surface area (Å²) in [5.74, 6) is 0. The second-order valence-corrected chi connectivity index (χ2v) is 2.39. The molecule has 54 valence electrons. The average Bonchev–Trinajstić information content (AvgIpc) is 2.38. The first-order valence-corrected chi connectivity index (χ1v) is 3.43. The summed E-state index contributed by atoms with van der Waals surface area (Å²) >= 11 is 0. The summed E-state index contributed by atoms with van der Waals surface area (Å²) in [5, 5.41) is 0. The smallest absolute Gasteiger partial charge is 0.180 e. The molecule has 0 aliphatic heterocycles. The second kappa shape index (κ2) is 2.23. The van der Waals surface area contributed by atoms with Crippen LogP contribution in [0.1, 0.15) is 0 Å². The van der Waals surface area contributed by atoms with Crippen LogP contribution in [0.4, 0.5) is 0 Å². The maximum absolute atomic E-state index is 10.9. The van der Waals surface area contributed by atoms with Crippen LogP contribution in [-0.2, 0) is 0 Å². The van der Waals surface area contributed by atoms with Crippen molar-refractivity contribution in [1.29, 1.82) is 0 Å². The van der Waals surface area contributed by atoms with Gasteiger partial charge in [0, 0.05) is 24.0 Å². The summed E-state index contributed by atoms with van der Waals surface area (Å²) in [6.07, 6.45) is 3.67. The highest BCUT2D eigenvalue weighted by molar-refractivity contribution is 5.45. The maximum atomic E-state index is 10.9. The van der Waals surface area contributed by atoms with Crippen molar-refractivity contribution in [3.63, 3.8) is 0 Å². The molecule has 0 unspecified atom stereocenters. The van der Waals surface area contributed by atoms with E-state index in [0.717, 1.165) is 5.52 Å². The minimum Gasteiger partial charge on any atom is -0.324 e. The molecule has 0 atom stereocenters. The van der Waals surface area contributed by atoms with Gasteiger partial charge in [0.25, 0.3) is 0 Å². The zero-order chi connectivity index (χ0) is 7.68. The van der Waals surface area contributed by atoms with Crippen molar-refractivity contribution in [3.8, 4) is 0 Å². The molecule has 0 bridgehead atoms. The number of rotatable bonds is 0. The minimum atomic E-state index is 0.0358. The van der Waals surface area contributed by atoms with Crippen LogP contribution in [0.2, 0.25) is 0 Å². The van der Waals surface area contributed by atoms with E-state index in [-0.39, 0.29) is 5.43 Å². The molecular formula is C9H7NO. The lowest BCUT2D eigenvalue weighted by Gasteiger charge is -1.81. The fraction of sp³-hybridized carbons (Fsp3) is 0. The first-order chi connectivity index (χ1) is 5.36. The van der Waals surface area contributed by atoms with E-state index in [1.807, 2.05) is 28.8 Å². The van der Waals surface area contributed by atoms with E-state index < -0.39 is 0 Å². The van der Waals surface area contributed by atoms with Gasteiger partial charge in [0.05, 0.1) is 0 Å². The number of aromatic nitrogens is 1. The number of hydrogen-bond acceptors (Lipinski definition) is 1. The van der Waals surface area contributed by atoms with E-state index in [1.165, 1.54) is 0 Å². The third-order valence-electron chi connectivity index (χ3n) is 1.63. The fourth-order valence-corrected chi connectivity index (χ4v) is 1.06. The molecule has 0 fully saturated rings. The Balaban J connectivity index is 2.96. The maximum Gasteiger partial charge on any atom is 0.180 e. The molecule has 2 heteroatoms. The van der Waals surface area contributed by atoms with Crippen LogP contribution in [0.3, 0.4) is 0 Å². The molecule has 0 aromatic carbocycles. The van der Waals surface area contributed by atoms with Gasteiger partial charge in [-0.15, -0.1) is 0 Å². The Morgan fingerprint density at radius 2 is 1.91 bits per heavy atom. The Morgan fingerprint density at radius 3 is 2.82 bits per heavy atom. The van der Waals surface area contributed by atoms with Crippen LogP contribution in [-0.4, -0.2) is 4.40 Å². The number of fused-ring (bicyclic) bond motifs is 1. The van der Waals surface area contributed by atoms with Gasteiger partial charge in [0.2, 0.25) is 0 Å². The van der Waals surface area contributed by atoms with Crippen LogP contribution >= 0.6 is 0 Å². The number of nitrogens with zero attached hydrogens (tertiary/aromatic N) is 1. The summed E-state index contributed by atoms with van der Waals surface area (Å²) in [6.45, 7) is 0. The summed E-state index contributed by atoms with van der Waals surface area (Å²) in [4.78, 5) is 10.9. The molecule has 2 aromatic heterocycles. The van der Waals surface area contributed by atoms with E-state index in [2.05, 4.69) is 0 Å². The van der Waals surface area contributed by atoms with Crippen molar-refractivity contribution < 1.29 is 0 Å². The van der Waals surface area contributed by atoms with Crippen molar-refractivity contribution >= 4 is 5.52 Å². The van der Waals surface area contributed by atoms with Crippen molar-refractivity contribution in [2.24, 2.45) is 0 Å². The largest absolute Gasteiger partial charge is 0.324 e. The van der Waals surface area contributed by atoms with Gasteiger partial charge in [-0.3, -0.25) is 4.79 Å². The monoisotopic (exact) mass is 145 g/mol. The Hall–Kier alpha value is -1.57. The second-order valence-electron chi connectivity index (χ2n) is 2.39. The van der Waals surface area contributed by atoms with Crippen molar-refractivity contribution in [1.82, 2.24) is 4.40 Å². The Morgan fingerprint density at radius 1 is 1.00 bits per heavy atom. The molecule has 2 aromatic rings. The van der Waals surface area contributed by atoms with E-state index in [0.29, 0.717) is 0 Å². The van der Waals surface area contributed by atoms with Crippen molar-refractivity contribution in [3.05, 3.63) is 52.9 Å². The SMILES string of the molecule is O=c1ccc2cccn2cc1. The average molecular weight is 145 g/mol. The highest BCUT2D eigenvalue weighted by atomic mass is 16.1. The third kappa shape index (κ3) is 1.03. The van der Waals surface area contributed by atoms with Gasteiger partial charge in [0.15, 0.2) is 5.43 Å². The molecule has 0 saturated heterocycles. The van der Waals surface area contributed by atoms with Gasteiger partial charge >= 0.3 is 0 Å². The van der Waals surface area contributed by atoms with Crippen molar-refractivity contribution in [2.45, 2.75) is 0 Å². The summed E-state index contributed by atoms with van der Waals surface area (Å²) in [6, 6.07) is 8.82. The van der Waals surface area contributed by atoms with Crippen LogP contribution in [0, 0.1) is 0 Å². The Bertz CT molecular complexity index is 394. The van der Waals surface area contributed by atoms with E-state index in [1.54, 1.807) is 18.3 Å². The predicted octanol–water partition coefficient (Wildman–Crippen LogP) is 1.30. The molecule has 2 heterocycles. The van der Waals surface area contributed by atoms with Crippen LogP contribution in [0.5, 0.6) is 0 Å². The quantitative estimate of drug-likeness (QED) is 0.547. The lowest BCUT2D eigenvalue weighted by atomic mass is 10.4. The standard InChI is InChI=1S/C9H7NO/c11-9-4-3-8-2-1-6-10(8)7-5-9/h1-7H. The van der Waals surface area contributed by atoms with Crippen molar-refractivity contribution in [2.75, 3.05) is 0 Å². The summed E-state index contributed by atoms with van der Waals surface area (Å²) in [5.41, 5.74) is 1.07. The van der Waals surface area contributed by atoms with Crippen LogP contribution in [0.25, 0.3) is 5.52 Å². The summed E-state index contributed by atoms with van der Waals surface area (Å²) in [7, 11) is 0. The summed E-state index contributed by atoms with van der Waals surface area (Å²) < 4.78 is 1.90. The topological polar surface area (TPSA) is 21.5 Å².